The van der Waals surface area contributed by atoms with Gasteiger partial charge in [0, 0.05) is 16.3 Å². The van der Waals surface area contributed by atoms with Gasteiger partial charge in [-0.1, -0.05) is 24.3 Å². The molecule has 0 bridgehead atoms. The summed E-state index contributed by atoms with van der Waals surface area (Å²) in [5, 5.41) is 7.33. The van der Waals surface area contributed by atoms with Gasteiger partial charge in [-0.25, -0.2) is 19.2 Å². The molecule has 0 fully saturated rings. The van der Waals surface area contributed by atoms with Gasteiger partial charge in [0.15, 0.2) is 11.7 Å². The zero-order chi connectivity index (χ0) is 23.5. The molecule has 3 aromatic heterocycles. The van der Waals surface area contributed by atoms with Crippen molar-refractivity contribution in [2.75, 3.05) is 11.9 Å². The maximum absolute atomic E-state index is 13.1. The Hall–Kier alpha value is -3.95. The molecule has 0 radical (unpaired) electrons. The summed E-state index contributed by atoms with van der Waals surface area (Å²) in [6.07, 6.45) is 0. The third kappa shape index (κ3) is 4.70. The van der Waals surface area contributed by atoms with E-state index in [-0.39, 0.29) is 5.82 Å². The summed E-state index contributed by atoms with van der Waals surface area (Å²) < 4.78 is 18.4. The number of benzene rings is 2. The van der Waals surface area contributed by atoms with Crippen molar-refractivity contribution in [3.8, 4) is 21.8 Å². The van der Waals surface area contributed by atoms with Crippen molar-refractivity contribution in [2.24, 2.45) is 0 Å². The van der Waals surface area contributed by atoms with Crippen molar-refractivity contribution in [3.63, 3.8) is 0 Å². The SMILES string of the molecule is O=C(COC(=O)c1cc(-c2cccs2)nc2ccccc12)Nc1nc(-c2ccc(F)cc2)cs1. The molecule has 0 unspecified atom stereocenters. The van der Waals surface area contributed by atoms with Crippen molar-refractivity contribution >= 4 is 50.6 Å². The maximum atomic E-state index is 13.1. The summed E-state index contributed by atoms with van der Waals surface area (Å²) in [7, 11) is 0. The average molecular weight is 490 g/mol. The Bertz CT molecular complexity index is 1480. The first-order valence-corrected chi connectivity index (χ1v) is 11.9. The number of nitrogens with zero attached hydrogens (tertiary/aromatic N) is 2. The number of aromatic nitrogens is 2. The van der Waals surface area contributed by atoms with Crippen molar-refractivity contribution in [3.05, 3.63) is 88.9 Å². The van der Waals surface area contributed by atoms with Crippen LogP contribution in [0.5, 0.6) is 0 Å². The lowest BCUT2D eigenvalue weighted by Crippen LogP contribution is -2.21. The van der Waals surface area contributed by atoms with Crippen LogP contribution in [0.2, 0.25) is 0 Å². The van der Waals surface area contributed by atoms with Crippen LogP contribution in [-0.2, 0) is 9.53 Å². The molecule has 9 heteroatoms. The normalized spacial score (nSPS) is 10.9. The highest BCUT2D eigenvalue weighted by Gasteiger charge is 2.17. The van der Waals surface area contributed by atoms with Crippen molar-refractivity contribution in [2.45, 2.75) is 0 Å². The number of hydrogen-bond donors (Lipinski definition) is 1. The number of ether oxygens (including phenoxy) is 1. The molecule has 3 heterocycles. The molecule has 0 spiro atoms. The molecule has 0 aliphatic rings. The van der Waals surface area contributed by atoms with Gasteiger partial charge >= 0.3 is 5.97 Å². The van der Waals surface area contributed by atoms with E-state index in [0.29, 0.717) is 33.0 Å². The lowest BCUT2D eigenvalue weighted by Gasteiger charge is -2.09. The van der Waals surface area contributed by atoms with Crippen molar-refractivity contribution in [1.29, 1.82) is 0 Å². The molecule has 1 amide bonds. The Labute approximate surface area is 201 Å². The third-order valence-corrected chi connectivity index (χ3v) is 6.58. The van der Waals surface area contributed by atoms with Crippen LogP contribution in [-0.4, -0.2) is 28.5 Å². The van der Waals surface area contributed by atoms with E-state index in [1.807, 2.05) is 35.7 Å². The van der Waals surface area contributed by atoms with Crippen LogP contribution in [0, 0.1) is 5.82 Å². The number of nitrogens with one attached hydrogen (secondary N) is 1. The quantitative estimate of drug-likeness (QED) is 0.295. The van der Waals surface area contributed by atoms with Crippen LogP contribution in [0.25, 0.3) is 32.7 Å². The Morgan fingerprint density at radius 1 is 0.941 bits per heavy atom. The number of amides is 1. The molecule has 5 aromatic rings. The number of esters is 1. The molecule has 0 atom stereocenters. The van der Waals surface area contributed by atoms with Crippen molar-refractivity contribution in [1.82, 2.24) is 9.97 Å². The summed E-state index contributed by atoms with van der Waals surface area (Å²) in [4.78, 5) is 35.2. The minimum absolute atomic E-state index is 0.334. The molecule has 0 aliphatic heterocycles. The zero-order valence-electron chi connectivity index (χ0n) is 17.5. The molecule has 1 N–H and O–H groups in total. The monoisotopic (exact) mass is 489 g/mol. The number of carbonyl (C=O) groups excluding carboxylic acids is 2. The highest BCUT2D eigenvalue weighted by molar-refractivity contribution is 7.14. The standard InChI is InChI=1S/C25H16FN3O3S2/c26-16-9-7-15(8-10-16)21-14-34-25(28-21)29-23(30)13-32-24(31)18-12-20(22-6-3-11-33-22)27-19-5-2-1-4-17(18)19/h1-12,14H,13H2,(H,28,29,30). The van der Waals surface area contributed by atoms with Gasteiger partial charge in [0.2, 0.25) is 0 Å². The van der Waals surface area contributed by atoms with Gasteiger partial charge in [-0.3, -0.25) is 10.1 Å². The third-order valence-electron chi connectivity index (χ3n) is 4.93. The minimum atomic E-state index is -0.613. The molecular weight excluding hydrogens is 473 g/mol. The summed E-state index contributed by atoms with van der Waals surface area (Å²) in [5.74, 6) is -1.46. The topological polar surface area (TPSA) is 81.2 Å². The van der Waals surface area contributed by atoms with Crippen LogP contribution in [0.4, 0.5) is 9.52 Å². The van der Waals surface area contributed by atoms with E-state index < -0.39 is 18.5 Å². The molecule has 0 saturated carbocycles. The largest absolute Gasteiger partial charge is 0.452 e. The number of pyridine rings is 1. The fraction of sp³-hybridized carbons (Fsp3) is 0.0400. The lowest BCUT2D eigenvalue weighted by molar-refractivity contribution is -0.119. The van der Waals surface area contributed by atoms with Crippen molar-refractivity contribution < 1.29 is 18.7 Å². The number of hydrogen-bond acceptors (Lipinski definition) is 7. The van der Waals surface area contributed by atoms with Gasteiger partial charge < -0.3 is 4.74 Å². The Kier molecular flexibility index (Phi) is 6.11. The van der Waals surface area contributed by atoms with E-state index in [9.17, 15) is 14.0 Å². The second-order valence-electron chi connectivity index (χ2n) is 7.22. The van der Waals surface area contributed by atoms with Gasteiger partial charge in [-0.2, -0.15) is 0 Å². The first-order valence-electron chi connectivity index (χ1n) is 10.2. The molecule has 168 valence electrons. The highest BCUT2D eigenvalue weighted by atomic mass is 32.1. The van der Waals surface area contributed by atoms with E-state index in [4.69, 9.17) is 4.74 Å². The number of rotatable bonds is 6. The summed E-state index contributed by atoms with van der Waals surface area (Å²) in [6, 6.07) is 18.7. The Balaban J connectivity index is 1.28. The highest BCUT2D eigenvalue weighted by Crippen LogP contribution is 2.28. The Morgan fingerprint density at radius 3 is 2.56 bits per heavy atom. The second kappa shape index (κ2) is 9.50. The predicted molar refractivity (Wildman–Crippen MR) is 131 cm³/mol. The number of para-hydroxylation sites is 1. The maximum Gasteiger partial charge on any atom is 0.339 e. The van der Waals surface area contributed by atoms with Gasteiger partial charge in [0.05, 0.1) is 27.3 Å². The molecule has 6 nitrogen and oxygen atoms in total. The molecule has 5 rings (SSSR count). The van der Waals surface area contributed by atoms with Crippen LogP contribution < -0.4 is 5.32 Å². The van der Waals surface area contributed by atoms with Crippen LogP contribution in [0.1, 0.15) is 10.4 Å². The molecule has 34 heavy (non-hydrogen) atoms. The van der Waals surface area contributed by atoms with Gasteiger partial charge in [0.1, 0.15) is 5.82 Å². The average Bonchev–Trinajstić information content (AvgIpc) is 3.55. The number of thiazole rings is 1. The Morgan fingerprint density at radius 2 is 1.76 bits per heavy atom. The first kappa shape index (κ1) is 21.9. The van der Waals surface area contributed by atoms with Gasteiger partial charge in [0.25, 0.3) is 5.91 Å². The number of fused-ring (bicyclic) bond motifs is 1. The molecular formula is C25H16FN3O3S2. The lowest BCUT2D eigenvalue weighted by atomic mass is 10.1. The van der Waals surface area contributed by atoms with Crippen LogP contribution >= 0.6 is 22.7 Å². The number of thiophene rings is 1. The van der Waals surface area contributed by atoms with E-state index in [2.05, 4.69) is 15.3 Å². The van der Waals surface area contributed by atoms with E-state index >= 15 is 0 Å². The molecule has 0 saturated heterocycles. The summed E-state index contributed by atoms with van der Waals surface area (Å²) in [5.41, 5.74) is 3.02. The first-order chi connectivity index (χ1) is 16.6. The number of carbonyl (C=O) groups is 2. The van der Waals surface area contributed by atoms with Crippen LogP contribution in [0.15, 0.2) is 77.5 Å². The minimum Gasteiger partial charge on any atom is -0.452 e. The number of anilines is 1. The summed E-state index contributed by atoms with van der Waals surface area (Å²) >= 11 is 2.75. The fourth-order valence-corrected chi connectivity index (χ4v) is 4.77. The van der Waals surface area contributed by atoms with E-state index in [0.717, 1.165) is 10.4 Å². The second-order valence-corrected chi connectivity index (χ2v) is 9.02. The molecule has 2 aromatic carbocycles. The van der Waals surface area contributed by atoms with E-state index in [1.165, 1.54) is 34.8 Å². The smallest absolute Gasteiger partial charge is 0.339 e. The zero-order valence-corrected chi connectivity index (χ0v) is 19.2. The summed E-state index contributed by atoms with van der Waals surface area (Å²) in [6.45, 7) is -0.463. The molecule has 0 aliphatic carbocycles. The van der Waals surface area contributed by atoms with E-state index in [1.54, 1.807) is 29.6 Å². The van der Waals surface area contributed by atoms with Gasteiger partial charge in [-0.05, 0) is 47.8 Å². The van der Waals surface area contributed by atoms with Crippen LogP contribution in [0.3, 0.4) is 0 Å². The predicted octanol–water partition coefficient (Wildman–Crippen LogP) is 6.02. The fourth-order valence-electron chi connectivity index (χ4n) is 3.34. The number of halogens is 1. The van der Waals surface area contributed by atoms with Gasteiger partial charge in [-0.15, -0.1) is 22.7 Å².